The number of hydrogen-bond acceptors (Lipinski definition) is 4. The number of rotatable bonds is 7. The van der Waals surface area contributed by atoms with Crippen molar-refractivity contribution in [3.05, 3.63) is 74.5 Å². The maximum Gasteiger partial charge on any atom is 0.322 e. The molecule has 0 radical (unpaired) electrons. The second-order valence-electron chi connectivity index (χ2n) is 8.84. The summed E-state index contributed by atoms with van der Waals surface area (Å²) in [5.41, 5.74) is 4.05. The van der Waals surface area contributed by atoms with Gasteiger partial charge < -0.3 is 19.9 Å². The van der Waals surface area contributed by atoms with E-state index in [1.807, 2.05) is 19.9 Å². The fourth-order valence-corrected chi connectivity index (χ4v) is 4.48. The molecular formula is C26H31ClN4O3. The van der Waals surface area contributed by atoms with Crippen LogP contribution >= 0.6 is 11.6 Å². The van der Waals surface area contributed by atoms with Gasteiger partial charge >= 0.3 is 6.03 Å². The number of nitrogens with zero attached hydrogens (tertiary/aromatic N) is 2. The van der Waals surface area contributed by atoms with Crippen molar-refractivity contribution < 1.29 is 9.53 Å². The zero-order valence-corrected chi connectivity index (χ0v) is 20.5. The first-order valence-corrected chi connectivity index (χ1v) is 12.0. The molecule has 1 fully saturated rings. The van der Waals surface area contributed by atoms with Crippen LogP contribution in [0.15, 0.2) is 47.3 Å². The number of pyridine rings is 1. The number of fused-ring (bicyclic) bond motifs is 1. The number of aryl methyl sites for hydroxylation is 2. The summed E-state index contributed by atoms with van der Waals surface area (Å²) >= 11 is 5.97. The Hall–Kier alpha value is -2.87. The fraction of sp³-hybridized carbons (Fsp3) is 0.385. The van der Waals surface area contributed by atoms with Gasteiger partial charge in [-0.2, -0.15) is 0 Å². The minimum Gasteiger partial charge on any atom is -0.379 e. The van der Waals surface area contributed by atoms with Crippen molar-refractivity contribution in [1.82, 2.24) is 14.8 Å². The van der Waals surface area contributed by atoms with Crippen LogP contribution in [0.2, 0.25) is 5.02 Å². The molecule has 0 bridgehead atoms. The number of morpholine rings is 1. The van der Waals surface area contributed by atoms with Crippen LogP contribution in [0.4, 0.5) is 10.5 Å². The first-order valence-electron chi connectivity index (χ1n) is 11.6. The SMILES string of the molecule is Cc1cc(C)c2[nH]c(=O)c(CN(CCCN3CCOCC3)C(=O)Nc3ccc(Cl)cc3)cc2c1. The highest BCUT2D eigenvalue weighted by molar-refractivity contribution is 6.30. The third-order valence-corrected chi connectivity index (χ3v) is 6.37. The minimum atomic E-state index is -0.246. The number of carbonyl (C=O) groups excluding carboxylic acids is 1. The number of ether oxygens (including phenoxy) is 1. The number of aromatic amines is 1. The van der Waals surface area contributed by atoms with Crippen LogP contribution < -0.4 is 10.9 Å². The monoisotopic (exact) mass is 482 g/mol. The highest BCUT2D eigenvalue weighted by Gasteiger charge is 2.18. The molecule has 0 saturated carbocycles. The average Bonchev–Trinajstić information content (AvgIpc) is 2.81. The number of halogens is 1. The van der Waals surface area contributed by atoms with E-state index in [1.165, 1.54) is 0 Å². The highest BCUT2D eigenvalue weighted by Crippen LogP contribution is 2.19. The Morgan fingerprint density at radius 2 is 1.88 bits per heavy atom. The highest BCUT2D eigenvalue weighted by atomic mass is 35.5. The van der Waals surface area contributed by atoms with Gasteiger partial charge in [0.2, 0.25) is 0 Å². The molecule has 0 atom stereocenters. The molecule has 1 aromatic heterocycles. The normalized spacial score (nSPS) is 14.3. The second kappa shape index (κ2) is 11.0. The smallest absolute Gasteiger partial charge is 0.322 e. The average molecular weight is 483 g/mol. The molecule has 8 heteroatoms. The van der Waals surface area contributed by atoms with E-state index in [0.717, 1.165) is 61.3 Å². The van der Waals surface area contributed by atoms with Gasteiger partial charge in [-0.25, -0.2) is 4.79 Å². The zero-order chi connectivity index (χ0) is 24.1. The summed E-state index contributed by atoms with van der Waals surface area (Å²) in [7, 11) is 0. The van der Waals surface area contributed by atoms with E-state index < -0.39 is 0 Å². The number of nitrogens with one attached hydrogen (secondary N) is 2. The van der Waals surface area contributed by atoms with Gasteiger partial charge in [-0.1, -0.05) is 23.2 Å². The molecule has 0 unspecified atom stereocenters. The van der Waals surface area contributed by atoms with E-state index >= 15 is 0 Å². The summed E-state index contributed by atoms with van der Waals surface area (Å²) in [6.45, 7) is 8.94. The number of aromatic nitrogens is 1. The molecule has 2 amide bonds. The molecule has 4 rings (SSSR count). The van der Waals surface area contributed by atoms with Gasteiger partial charge in [0.15, 0.2) is 0 Å². The second-order valence-corrected chi connectivity index (χ2v) is 9.27. The Bertz CT molecular complexity index is 1200. The summed E-state index contributed by atoms with van der Waals surface area (Å²) in [6.07, 6.45) is 0.803. The summed E-state index contributed by atoms with van der Waals surface area (Å²) in [6, 6.07) is 12.8. The number of hydrogen-bond donors (Lipinski definition) is 2. The quantitative estimate of drug-likeness (QED) is 0.517. The third-order valence-electron chi connectivity index (χ3n) is 6.12. The summed E-state index contributed by atoms with van der Waals surface area (Å²) in [4.78, 5) is 33.2. The van der Waals surface area contributed by atoms with E-state index in [9.17, 15) is 9.59 Å². The Labute approximate surface area is 204 Å². The van der Waals surface area contributed by atoms with Gasteiger partial charge in [0.1, 0.15) is 0 Å². The van der Waals surface area contributed by atoms with E-state index in [-0.39, 0.29) is 18.1 Å². The van der Waals surface area contributed by atoms with Gasteiger partial charge in [0.25, 0.3) is 5.56 Å². The number of anilines is 1. The van der Waals surface area contributed by atoms with Crippen LogP contribution in [0.1, 0.15) is 23.1 Å². The number of carbonyl (C=O) groups is 1. The Morgan fingerprint density at radius 3 is 2.62 bits per heavy atom. The molecule has 0 spiro atoms. The lowest BCUT2D eigenvalue weighted by Crippen LogP contribution is -2.40. The number of benzene rings is 2. The number of H-pyrrole nitrogens is 1. The van der Waals surface area contributed by atoms with Crippen LogP contribution in [0, 0.1) is 13.8 Å². The fourth-order valence-electron chi connectivity index (χ4n) is 4.35. The number of amides is 2. The van der Waals surface area contributed by atoms with Crippen molar-refractivity contribution in [3.63, 3.8) is 0 Å². The molecule has 3 aromatic rings. The van der Waals surface area contributed by atoms with Crippen LogP contribution in [-0.4, -0.2) is 60.2 Å². The molecule has 2 N–H and O–H groups in total. The molecule has 7 nitrogen and oxygen atoms in total. The first-order chi connectivity index (χ1) is 16.4. The van der Waals surface area contributed by atoms with E-state index in [2.05, 4.69) is 27.3 Å². The van der Waals surface area contributed by atoms with Crippen molar-refractivity contribution in [3.8, 4) is 0 Å². The molecule has 34 heavy (non-hydrogen) atoms. The van der Waals surface area contributed by atoms with Gasteiger partial charge in [-0.15, -0.1) is 0 Å². The molecule has 1 aliphatic heterocycles. The molecule has 0 aliphatic carbocycles. The van der Waals surface area contributed by atoms with Crippen LogP contribution in [0.3, 0.4) is 0 Å². The molecule has 2 heterocycles. The first kappa shape index (κ1) is 24.3. The lowest BCUT2D eigenvalue weighted by Gasteiger charge is -2.28. The maximum absolute atomic E-state index is 13.2. The Balaban J connectivity index is 1.53. The summed E-state index contributed by atoms with van der Waals surface area (Å²) in [5.74, 6) is 0. The van der Waals surface area contributed by atoms with Gasteiger partial charge in [-0.3, -0.25) is 9.69 Å². The van der Waals surface area contributed by atoms with E-state index in [0.29, 0.717) is 22.8 Å². The number of urea groups is 1. The van der Waals surface area contributed by atoms with E-state index in [1.54, 1.807) is 29.2 Å². The van der Waals surface area contributed by atoms with E-state index in [4.69, 9.17) is 16.3 Å². The standard InChI is InChI=1S/C26H31ClN4O3/c1-18-14-19(2)24-20(15-18)16-21(25(32)29-24)17-31(9-3-8-30-10-12-34-13-11-30)26(33)28-23-6-4-22(27)5-7-23/h4-7,14-16H,3,8-13,17H2,1-2H3,(H,28,33)(H,29,32). The molecule has 2 aromatic carbocycles. The summed E-state index contributed by atoms with van der Waals surface area (Å²) < 4.78 is 5.42. The van der Waals surface area contributed by atoms with Gasteiger partial charge in [-0.05, 0) is 67.6 Å². The lowest BCUT2D eigenvalue weighted by molar-refractivity contribution is 0.0365. The van der Waals surface area contributed by atoms with Gasteiger partial charge in [0.05, 0.1) is 25.3 Å². The largest absolute Gasteiger partial charge is 0.379 e. The molecule has 1 saturated heterocycles. The Morgan fingerprint density at radius 1 is 1.15 bits per heavy atom. The maximum atomic E-state index is 13.2. The van der Waals surface area contributed by atoms with Crippen molar-refractivity contribution in [2.75, 3.05) is 44.7 Å². The molecule has 1 aliphatic rings. The van der Waals surface area contributed by atoms with Crippen molar-refractivity contribution in [2.24, 2.45) is 0 Å². The minimum absolute atomic E-state index is 0.170. The predicted octanol–water partition coefficient (Wildman–Crippen LogP) is 4.55. The Kier molecular flexibility index (Phi) is 7.88. The molecular weight excluding hydrogens is 452 g/mol. The third kappa shape index (κ3) is 6.17. The van der Waals surface area contributed by atoms with Crippen LogP contribution in [0.5, 0.6) is 0 Å². The van der Waals surface area contributed by atoms with Crippen molar-refractivity contribution in [1.29, 1.82) is 0 Å². The van der Waals surface area contributed by atoms with Crippen LogP contribution in [-0.2, 0) is 11.3 Å². The topological polar surface area (TPSA) is 77.7 Å². The summed E-state index contributed by atoms with van der Waals surface area (Å²) in [5, 5.41) is 4.51. The van der Waals surface area contributed by atoms with Crippen molar-refractivity contribution in [2.45, 2.75) is 26.8 Å². The van der Waals surface area contributed by atoms with Crippen LogP contribution in [0.25, 0.3) is 10.9 Å². The zero-order valence-electron chi connectivity index (χ0n) is 19.7. The van der Waals surface area contributed by atoms with Gasteiger partial charge in [0, 0.05) is 42.5 Å². The molecule has 180 valence electrons. The lowest BCUT2D eigenvalue weighted by atomic mass is 10.1. The predicted molar refractivity (Wildman–Crippen MR) is 137 cm³/mol. The van der Waals surface area contributed by atoms with Crippen molar-refractivity contribution >= 4 is 34.2 Å².